The smallest absolute Gasteiger partial charge is 0.403 e. The van der Waals surface area contributed by atoms with Crippen molar-refractivity contribution < 1.29 is 17.9 Å². The van der Waals surface area contributed by atoms with Crippen LogP contribution in [0.25, 0.3) is 5.69 Å². The van der Waals surface area contributed by atoms with Crippen LogP contribution in [0.15, 0.2) is 31.0 Å². The molecule has 0 aliphatic rings. The monoisotopic (exact) mass is 453 g/mol. The summed E-state index contributed by atoms with van der Waals surface area (Å²) in [5, 5.41) is 25.5. The van der Waals surface area contributed by atoms with Crippen molar-refractivity contribution in [3.8, 4) is 29.7 Å². The molecule has 0 atom stereocenters. The van der Waals surface area contributed by atoms with Crippen molar-refractivity contribution in [3.05, 3.63) is 58.0 Å². The number of benzene rings is 1. The van der Waals surface area contributed by atoms with Crippen molar-refractivity contribution >= 4 is 23.2 Å². The van der Waals surface area contributed by atoms with Crippen LogP contribution < -0.4 is 4.74 Å². The quantitative estimate of drug-likeness (QED) is 0.526. The van der Waals surface area contributed by atoms with Crippen LogP contribution in [0.3, 0.4) is 0 Å². The molecule has 0 saturated carbocycles. The highest BCUT2D eigenvalue weighted by Crippen LogP contribution is 2.37. The van der Waals surface area contributed by atoms with E-state index in [1.165, 1.54) is 10.6 Å². The van der Waals surface area contributed by atoms with E-state index in [9.17, 15) is 18.4 Å². The van der Waals surface area contributed by atoms with Crippen molar-refractivity contribution in [1.29, 1.82) is 10.5 Å². The summed E-state index contributed by atoms with van der Waals surface area (Å²) < 4.78 is 45.4. The first-order chi connectivity index (χ1) is 14.2. The maximum Gasteiger partial charge on any atom is 0.416 e. The Kier molecular flexibility index (Phi) is 5.69. The van der Waals surface area contributed by atoms with Crippen molar-refractivity contribution in [2.24, 2.45) is 0 Å². The molecule has 8 nitrogen and oxygen atoms in total. The third-order valence-corrected chi connectivity index (χ3v) is 4.24. The summed E-state index contributed by atoms with van der Waals surface area (Å²) in [5.41, 5.74) is -1.31. The van der Waals surface area contributed by atoms with E-state index in [-0.39, 0.29) is 45.6 Å². The van der Waals surface area contributed by atoms with E-state index < -0.39 is 11.7 Å². The summed E-state index contributed by atoms with van der Waals surface area (Å²) in [4.78, 5) is 4.81. The van der Waals surface area contributed by atoms with Gasteiger partial charge in [0.25, 0.3) is 5.88 Å². The minimum absolute atomic E-state index is 0.0337. The van der Waals surface area contributed by atoms with Gasteiger partial charge in [-0.3, -0.25) is 4.57 Å². The third-order valence-electron chi connectivity index (χ3n) is 3.67. The van der Waals surface area contributed by atoms with Gasteiger partial charge in [-0.1, -0.05) is 29.3 Å². The van der Waals surface area contributed by atoms with Gasteiger partial charge >= 0.3 is 12.2 Å². The van der Waals surface area contributed by atoms with Crippen LogP contribution >= 0.6 is 23.2 Å². The number of allylic oxidation sites excluding steroid dienone is 1. The molecule has 13 heteroatoms. The molecule has 3 aromatic rings. The summed E-state index contributed by atoms with van der Waals surface area (Å²) in [6.07, 6.45) is -2.03. The predicted molar refractivity (Wildman–Crippen MR) is 98.3 cm³/mol. The Morgan fingerprint density at radius 3 is 2.40 bits per heavy atom. The summed E-state index contributed by atoms with van der Waals surface area (Å²) in [6.45, 7) is 3.69. The lowest BCUT2D eigenvalue weighted by Gasteiger charge is -2.11. The predicted octanol–water partition coefficient (Wildman–Crippen LogP) is 4.51. The van der Waals surface area contributed by atoms with Gasteiger partial charge in [0.15, 0.2) is 11.4 Å². The van der Waals surface area contributed by atoms with E-state index in [2.05, 4.69) is 21.8 Å². The summed E-state index contributed by atoms with van der Waals surface area (Å²) in [5.74, 6) is -0.133. The van der Waals surface area contributed by atoms with Crippen LogP contribution in [0, 0.1) is 22.7 Å². The van der Waals surface area contributed by atoms with Gasteiger partial charge in [0.05, 0.1) is 15.6 Å². The van der Waals surface area contributed by atoms with Crippen LogP contribution in [0.1, 0.15) is 17.0 Å². The number of hydrogen-bond donors (Lipinski definition) is 0. The Bertz CT molecular complexity index is 1190. The highest BCUT2D eigenvalue weighted by Gasteiger charge is 2.32. The van der Waals surface area contributed by atoms with Crippen LogP contribution in [-0.4, -0.2) is 24.5 Å². The molecule has 0 amide bonds. The number of hydrogen-bond acceptors (Lipinski definition) is 6. The molecule has 2 heterocycles. The number of nitrogens with zero attached hydrogens (tertiary/aromatic N) is 7. The number of aromatic nitrogens is 5. The van der Waals surface area contributed by atoms with Crippen molar-refractivity contribution in [3.63, 3.8) is 0 Å². The molecule has 0 saturated heterocycles. The molecule has 152 valence electrons. The number of halogens is 5. The molecule has 0 aliphatic carbocycles. The van der Waals surface area contributed by atoms with Gasteiger partial charge in [-0.05, 0) is 12.1 Å². The lowest BCUT2D eigenvalue weighted by Crippen LogP contribution is -2.08. The van der Waals surface area contributed by atoms with E-state index in [1.807, 2.05) is 6.07 Å². The zero-order valence-corrected chi connectivity index (χ0v) is 16.2. The zero-order chi connectivity index (χ0) is 22.1. The number of rotatable bonds is 5. The van der Waals surface area contributed by atoms with Gasteiger partial charge in [-0.2, -0.15) is 33.8 Å². The van der Waals surface area contributed by atoms with E-state index in [1.54, 1.807) is 6.07 Å². The Morgan fingerprint density at radius 1 is 1.20 bits per heavy atom. The van der Waals surface area contributed by atoms with E-state index in [4.69, 9.17) is 33.2 Å². The molecule has 2 aromatic heterocycles. The third kappa shape index (κ3) is 3.94. The second-order valence-electron chi connectivity index (χ2n) is 5.58. The molecule has 0 radical (unpaired) electrons. The molecule has 0 fully saturated rings. The molecule has 30 heavy (non-hydrogen) atoms. The topological polar surface area (TPSA) is 105 Å². The molecule has 1 aromatic carbocycles. The molecule has 0 aliphatic heterocycles. The summed E-state index contributed by atoms with van der Waals surface area (Å²) in [7, 11) is 0. The fourth-order valence-electron chi connectivity index (χ4n) is 2.42. The minimum Gasteiger partial charge on any atom is -0.403 e. The fourth-order valence-corrected chi connectivity index (χ4v) is 3.06. The fraction of sp³-hybridized carbons (Fsp3) is 0.118. The van der Waals surface area contributed by atoms with E-state index >= 15 is 0 Å². The zero-order valence-electron chi connectivity index (χ0n) is 14.7. The van der Waals surface area contributed by atoms with Gasteiger partial charge in [0, 0.05) is 6.54 Å². The summed E-state index contributed by atoms with van der Waals surface area (Å²) in [6, 6.07) is 4.90. The highest BCUT2D eigenvalue weighted by atomic mass is 35.5. The maximum atomic E-state index is 12.9. The molecular weight excluding hydrogens is 446 g/mol. The lowest BCUT2D eigenvalue weighted by molar-refractivity contribution is -0.137. The van der Waals surface area contributed by atoms with Gasteiger partial charge in [-0.15, -0.1) is 16.5 Å². The average Bonchev–Trinajstić information content (AvgIpc) is 3.25. The first kappa shape index (κ1) is 21.2. The van der Waals surface area contributed by atoms with E-state index in [0.29, 0.717) is 12.1 Å². The minimum atomic E-state index is -4.63. The molecule has 0 N–H and O–H groups in total. The number of imidazole rings is 1. The van der Waals surface area contributed by atoms with Gasteiger partial charge < -0.3 is 4.74 Å². The normalized spacial score (nSPS) is 11.0. The second-order valence-corrected chi connectivity index (χ2v) is 6.39. The van der Waals surface area contributed by atoms with Crippen molar-refractivity contribution in [1.82, 2.24) is 24.5 Å². The number of nitriles is 2. The number of alkyl halides is 3. The summed E-state index contributed by atoms with van der Waals surface area (Å²) >= 11 is 11.9. The Morgan fingerprint density at radius 2 is 1.87 bits per heavy atom. The highest BCUT2D eigenvalue weighted by molar-refractivity contribution is 6.37. The molecule has 0 unspecified atom stereocenters. The Hall–Kier alpha value is -3.54. The van der Waals surface area contributed by atoms with Crippen LogP contribution in [0.4, 0.5) is 13.2 Å². The first-order valence-electron chi connectivity index (χ1n) is 7.88. The second kappa shape index (κ2) is 8.06. The average molecular weight is 454 g/mol. The molecular formula is C17H8Cl2F3N7O. The van der Waals surface area contributed by atoms with Crippen LogP contribution in [-0.2, 0) is 12.7 Å². The van der Waals surface area contributed by atoms with Crippen LogP contribution in [0.2, 0.25) is 10.0 Å². The number of ether oxygens (including phenoxy) is 1. The van der Waals surface area contributed by atoms with Gasteiger partial charge in [-0.25, -0.2) is 0 Å². The lowest BCUT2D eigenvalue weighted by atomic mass is 10.2. The maximum absolute atomic E-state index is 12.9. The van der Waals surface area contributed by atoms with Gasteiger partial charge in [0.1, 0.15) is 24.0 Å². The Labute approximate surface area is 176 Å². The first-order valence-corrected chi connectivity index (χ1v) is 8.63. The molecule has 0 bridgehead atoms. The van der Waals surface area contributed by atoms with E-state index in [0.717, 1.165) is 11.0 Å². The SMILES string of the molecule is C=CCn1c(Oc2cnn(-c3c(Cl)cc(C(F)(F)F)cc3Cl)n2)nc(C#N)c1C#N. The largest absolute Gasteiger partial charge is 0.416 e. The van der Waals surface area contributed by atoms with Crippen LogP contribution in [0.5, 0.6) is 11.9 Å². The Balaban J connectivity index is 1.98. The van der Waals surface area contributed by atoms with Crippen molar-refractivity contribution in [2.45, 2.75) is 12.7 Å². The van der Waals surface area contributed by atoms with Gasteiger partial charge in [0.2, 0.25) is 0 Å². The molecule has 0 spiro atoms. The standard InChI is InChI=1S/C17H8Cl2F3N7O/c1-2-3-28-13(7-24)12(6-23)26-16(28)30-14-8-25-29(27-14)15-10(18)4-9(5-11(15)19)17(20,21)22/h2,4-5,8H,1,3H2. The molecule has 3 rings (SSSR count). The van der Waals surface area contributed by atoms with Crippen molar-refractivity contribution in [2.75, 3.05) is 0 Å².